The predicted octanol–water partition coefficient (Wildman–Crippen LogP) is 2.84. The Bertz CT molecular complexity index is 589. The van der Waals surface area contributed by atoms with E-state index in [1.807, 2.05) is 31.2 Å². The molecule has 92 valence electrons. The normalized spacial score (nSPS) is 23.4. The van der Waals surface area contributed by atoms with Gasteiger partial charge in [0.25, 0.3) is 0 Å². The number of ketones is 1. The Morgan fingerprint density at radius 3 is 2.94 bits per heavy atom. The second-order valence-corrected chi connectivity index (χ2v) is 4.85. The van der Waals surface area contributed by atoms with Gasteiger partial charge >= 0.3 is 0 Å². The quantitative estimate of drug-likeness (QED) is 0.759. The summed E-state index contributed by atoms with van der Waals surface area (Å²) < 4.78 is 5.48. The fourth-order valence-corrected chi connectivity index (χ4v) is 2.53. The second-order valence-electron chi connectivity index (χ2n) is 4.85. The highest BCUT2D eigenvalue weighted by Crippen LogP contribution is 2.26. The average Bonchev–Trinajstić information content (AvgIpc) is 2.84. The lowest BCUT2D eigenvalue weighted by atomic mass is 9.93. The number of nitrogens with zero attached hydrogens (tertiary/aromatic N) is 1. The van der Waals surface area contributed by atoms with Crippen molar-refractivity contribution in [3.8, 4) is 0 Å². The van der Waals surface area contributed by atoms with Crippen molar-refractivity contribution in [1.29, 1.82) is 0 Å². The molecule has 2 heterocycles. The van der Waals surface area contributed by atoms with Gasteiger partial charge in [0.15, 0.2) is 5.78 Å². The van der Waals surface area contributed by atoms with Gasteiger partial charge in [-0.05, 0) is 18.7 Å². The molecule has 1 fully saturated rings. The number of aromatic nitrogens is 1. The van der Waals surface area contributed by atoms with Gasteiger partial charge in [-0.2, -0.15) is 0 Å². The number of ether oxygens (including phenoxy) is 1. The zero-order chi connectivity index (χ0) is 12.5. The van der Waals surface area contributed by atoms with Gasteiger partial charge in [-0.1, -0.05) is 24.3 Å². The first-order chi connectivity index (χ1) is 8.75. The Balaban J connectivity index is 2.01. The van der Waals surface area contributed by atoms with Crippen LogP contribution in [0, 0.1) is 5.92 Å². The molecule has 1 aromatic carbocycles. The maximum absolute atomic E-state index is 12.5. The van der Waals surface area contributed by atoms with E-state index in [1.165, 1.54) is 0 Å². The Labute approximate surface area is 106 Å². The van der Waals surface area contributed by atoms with Crippen molar-refractivity contribution >= 4 is 16.6 Å². The maximum atomic E-state index is 12.5. The van der Waals surface area contributed by atoms with Crippen LogP contribution < -0.4 is 0 Å². The van der Waals surface area contributed by atoms with Crippen LogP contribution in [0.25, 0.3) is 10.8 Å². The van der Waals surface area contributed by atoms with Gasteiger partial charge in [-0.25, -0.2) is 0 Å². The zero-order valence-corrected chi connectivity index (χ0v) is 10.3. The lowest BCUT2D eigenvalue weighted by molar-refractivity contribution is 0.0879. The molecule has 18 heavy (non-hydrogen) atoms. The van der Waals surface area contributed by atoms with Crippen molar-refractivity contribution in [2.45, 2.75) is 19.4 Å². The zero-order valence-electron chi connectivity index (χ0n) is 10.3. The van der Waals surface area contributed by atoms with E-state index in [2.05, 4.69) is 4.98 Å². The summed E-state index contributed by atoms with van der Waals surface area (Å²) in [6.07, 6.45) is 4.46. The number of carbonyl (C=O) groups is 1. The number of carbonyl (C=O) groups excluding carboxylic acids is 1. The van der Waals surface area contributed by atoms with Crippen LogP contribution in [0.2, 0.25) is 0 Å². The van der Waals surface area contributed by atoms with E-state index in [4.69, 9.17) is 4.74 Å². The van der Waals surface area contributed by atoms with Crippen LogP contribution >= 0.6 is 0 Å². The third-order valence-electron chi connectivity index (χ3n) is 3.50. The van der Waals surface area contributed by atoms with Crippen molar-refractivity contribution in [3.05, 3.63) is 42.2 Å². The summed E-state index contributed by atoms with van der Waals surface area (Å²) in [5.74, 6) is 0.135. The molecular formula is C15H15NO2. The summed E-state index contributed by atoms with van der Waals surface area (Å²) >= 11 is 0. The summed E-state index contributed by atoms with van der Waals surface area (Å²) in [5, 5.41) is 1.99. The van der Waals surface area contributed by atoms with E-state index < -0.39 is 0 Å². The molecule has 0 amide bonds. The molecule has 3 heteroatoms. The van der Waals surface area contributed by atoms with Crippen LogP contribution in [0.3, 0.4) is 0 Å². The predicted molar refractivity (Wildman–Crippen MR) is 69.6 cm³/mol. The topological polar surface area (TPSA) is 39.2 Å². The second kappa shape index (κ2) is 4.50. The van der Waals surface area contributed by atoms with Crippen molar-refractivity contribution in [2.75, 3.05) is 6.61 Å². The Morgan fingerprint density at radius 2 is 2.17 bits per heavy atom. The largest absolute Gasteiger partial charge is 0.378 e. The number of hydrogen-bond donors (Lipinski definition) is 0. The van der Waals surface area contributed by atoms with Crippen LogP contribution in [-0.2, 0) is 4.74 Å². The minimum absolute atomic E-state index is 0.0207. The minimum Gasteiger partial charge on any atom is -0.378 e. The number of fused-ring (bicyclic) bond motifs is 1. The summed E-state index contributed by atoms with van der Waals surface area (Å²) in [7, 11) is 0. The van der Waals surface area contributed by atoms with E-state index in [0.29, 0.717) is 6.61 Å². The lowest BCUT2D eigenvalue weighted by Crippen LogP contribution is -2.15. The number of rotatable bonds is 2. The van der Waals surface area contributed by atoms with Crippen LogP contribution in [0.4, 0.5) is 0 Å². The van der Waals surface area contributed by atoms with E-state index in [1.54, 1.807) is 12.4 Å². The maximum Gasteiger partial charge on any atom is 0.170 e. The first-order valence-corrected chi connectivity index (χ1v) is 6.24. The van der Waals surface area contributed by atoms with Gasteiger partial charge in [0, 0.05) is 29.3 Å². The Hall–Kier alpha value is -1.74. The van der Waals surface area contributed by atoms with Gasteiger partial charge < -0.3 is 4.74 Å². The summed E-state index contributed by atoms with van der Waals surface area (Å²) in [6, 6.07) is 7.86. The molecule has 1 saturated heterocycles. The van der Waals surface area contributed by atoms with Crippen molar-refractivity contribution in [3.63, 3.8) is 0 Å². The molecule has 2 unspecified atom stereocenters. The van der Waals surface area contributed by atoms with E-state index in [9.17, 15) is 4.79 Å². The smallest absolute Gasteiger partial charge is 0.170 e. The molecule has 2 aromatic rings. The van der Waals surface area contributed by atoms with Gasteiger partial charge in [0.1, 0.15) is 0 Å². The molecule has 0 bridgehead atoms. The molecule has 0 saturated carbocycles. The summed E-state index contributed by atoms with van der Waals surface area (Å²) in [6.45, 7) is 2.54. The Kier molecular flexibility index (Phi) is 2.84. The molecule has 1 aliphatic rings. The van der Waals surface area contributed by atoms with E-state index in [-0.39, 0.29) is 17.8 Å². The average molecular weight is 241 g/mol. The lowest BCUT2D eigenvalue weighted by Gasteiger charge is -2.09. The number of Topliss-reactive ketones (excluding diaryl/α,β-unsaturated/α-hetero) is 1. The molecule has 1 aliphatic heterocycles. The van der Waals surface area contributed by atoms with Crippen molar-refractivity contribution < 1.29 is 9.53 Å². The number of pyridine rings is 1. The molecule has 3 nitrogen and oxygen atoms in total. The highest BCUT2D eigenvalue weighted by atomic mass is 16.5. The van der Waals surface area contributed by atoms with E-state index in [0.717, 1.165) is 22.8 Å². The standard InChI is InChI=1S/C15H15NO2/c1-10-6-12(9-18-10)15(17)14-8-16-7-11-4-2-3-5-13(11)14/h2-5,7-8,10,12H,6,9H2,1H3. The van der Waals surface area contributed by atoms with Crippen molar-refractivity contribution in [2.24, 2.45) is 5.92 Å². The molecule has 0 aliphatic carbocycles. The van der Waals surface area contributed by atoms with Crippen LogP contribution in [0.1, 0.15) is 23.7 Å². The molecule has 0 N–H and O–H groups in total. The van der Waals surface area contributed by atoms with Gasteiger partial charge in [-0.3, -0.25) is 9.78 Å². The van der Waals surface area contributed by atoms with Crippen molar-refractivity contribution in [1.82, 2.24) is 4.98 Å². The number of hydrogen-bond acceptors (Lipinski definition) is 3. The molecule has 1 aromatic heterocycles. The summed E-state index contributed by atoms with van der Waals surface area (Å²) in [5.41, 5.74) is 0.718. The van der Waals surface area contributed by atoms with Gasteiger partial charge in [0.2, 0.25) is 0 Å². The molecule has 0 spiro atoms. The first kappa shape index (κ1) is 11.4. The highest BCUT2D eigenvalue weighted by Gasteiger charge is 2.29. The molecule has 0 radical (unpaired) electrons. The summed E-state index contributed by atoms with van der Waals surface area (Å²) in [4.78, 5) is 16.6. The van der Waals surface area contributed by atoms with Gasteiger partial charge in [-0.15, -0.1) is 0 Å². The highest BCUT2D eigenvalue weighted by molar-refractivity contribution is 6.08. The molecular weight excluding hydrogens is 226 g/mol. The van der Waals surface area contributed by atoms with Crippen LogP contribution in [-0.4, -0.2) is 23.5 Å². The van der Waals surface area contributed by atoms with Crippen LogP contribution in [0.5, 0.6) is 0 Å². The molecule has 2 atom stereocenters. The van der Waals surface area contributed by atoms with E-state index >= 15 is 0 Å². The third-order valence-corrected chi connectivity index (χ3v) is 3.50. The number of benzene rings is 1. The Morgan fingerprint density at radius 1 is 1.33 bits per heavy atom. The third kappa shape index (κ3) is 1.91. The van der Waals surface area contributed by atoms with Crippen LogP contribution in [0.15, 0.2) is 36.7 Å². The monoisotopic (exact) mass is 241 g/mol. The fraction of sp³-hybridized carbons (Fsp3) is 0.333. The minimum atomic E-state index is -0.0207. The van der Waals surface area contributed by atoms with Gasteiger partial charge in [0.05, 0.1) is 12.7 Å². The SMILES string of the molecule is CC1CC(C(=O)c2cncc3ccccc23)CO1. The fourth-order valence-electron chi connectivity index (χ4n) is 2.53. The first-order valence-electron chi connectivity index (χ1n) is 6.24. The molecule has 3 rings (SSSR count).